The van der Waals surface area contributed by atoms with Gasteiger partial charge >= 0.3 is 0 Å². The fourth-order valence-electron chi connectivity index (χ4n) is 2.07. The summed E-state index contributed by atoms with van der Waals surface area (Å²) in [6.45, 7) is 2.32. The van der Waals surface area contributed by atoms with Crippen molar-refractivity contribution < 1.29 is 14.2 Å². The van der Waals surface area contributed by atoms with Gasteiger partial charge in [-0.25, -0.2) is 4.39 Å². The maximum Gasteiger partial charge on any atom is 0.123 e. The number of benzene rings is 2. The molecule has 2 rings (SSSR count). The van der Waals surface area contributed by atoms with Crippen LogP contribution in [0, 0.1) is 12.7 Å². The van der Waals surface area contributed by atoms with E-state index in [2.05, 4.69) is 0 Å². The highest BCUT2D eigenvalue weighted by Crippen LogP contribution is 2.14. The number of hydrogen-bond acceptors (Lipinski definition) is 2. The molecular formula is C17H19FO2. The quantitative estimate of drug-likeness (QED) is 0.873. The van der Waals surface area contributed by atoms with Crippen molar-refractivity contribution in [2.24, 2.45) is 0 Å². The zero-order chi connectivity index (χ0) is 14.4. The number of aliphatic hydroxyl groups is 1. The zero-order valence-electron chi connectivity index (χ0n) is 11.6. The molecule has 1 atom stereocenters. The highest BCUT2D eigenvalue weighted by molar-refractivity contribution is 5.27. The molecule has 0 fully saturated rings. The monoisotopic (exact) mass is 274 g/mol. The third kappa shape index (κ3) is 4.35. The first-order chi connectivity index (χ1) is 9.65. The predicted molar refractivity (Wildman–Crippen MR) is 77.4 cm³/mol. The maximum atomic E-state index is 13.0. The molecule has 3 heteroatoms. The highest BCUT2D eigenvalue weighted by Gasteiger charge is 2.08. The van der Waals surface area contributed by atoms with Crippen molar-refractivity contribution in [3.05, 3.63) is 65.5 Å². The molecule has 0 aromatic heterocycles. The fourth-order valence-corrected chi connectivity index (χ4v) is 2.07. The van der Waals surface area contributed by atoms with Gasteiger partial charge in [-0.2, -0.15) is 0 Å². The fraction of sp³-hybridized carbons (Fsp3) is 0.294. The van der Waals surface area contributed by atoms with Crippen molar-refractivity contribution in [1.29, 1.82) is 0 Å². The Kier molecular flexibility index (Phi) is 5.13. The molecule has 2 aromatic rings. The summed E-state index contributed by atoms with van der Waals surface area (Å²) in [4.78, 5) is 0. The third-order valence-electron chi connectivity index (χ3n) is 3.22. The lowest BCUT2D eigenvalue weighted by Crippen LogP contribution is -2.15. The van der Waals surface area contributed by atoms with E-state index in [9.17, 15) is 9.50 Å². The van der Waals surface area contributed by atoms with Gasteiger partial charge in [0.15, 0.2) is 0 Å². The molecular weight excluding hydrogens is 255 g/mol. The average Bonchev–Trinajstić information content (AvgIpc) is 2.43. The van der Waals surface area contributed by atoms with Crippen LogP contribution in [-0.2, 0) is 6.42 Å². The van der Waals surface area contributed by atoms with Crippen LogP contribution in [0.4, 0.5) is 4.39 Å². The van der Waals surface area contributed by atoms with E-state index >= 15 is 0 Å². The summed E-state index contributed by atoms with van der Waals surface area (Å²) in [6, 6.07) is 14.2. The van der Waals surface area contributed by atoms with E-state index in [4.69, 9.17) is 4.74 Å². The summed E-state index contributed by atoms with van der Waals surface area (Å²) in [6.07, 6.45) is 0.582. The summed E-state index contributed by atoms with van der Waals surface area (Å²) in [5.41, 5.74) is 1.84. The van der Waals surface area contributed by atoms with Crippen molar-refractivity contribution in [1.82, 2.24) is 0 Å². The first-order valence-corrected chi connectivity index (χ1v) is 6.76. The van der Waals surface area contributed by atoms with Gasteiger partial charge in [0.05, 0.1) is 12.7 Å². The van der Waals surface area contributed by atoms with E-state index in [0.29, 0.717) is 19.4 Å². The minimum Gasteiger partial charge on any atom is -0.493 e. The molecule has 0 bridgehead atoms. The van der Waals surface area contributed by atoms with Crippen LogP contribution in [0.25, 0.3) is 0 Å². The van der Waals surface area contributed by atoms with Crippen LogP contribution in [-0.4, -0.2) is 17.8 Å². The van der Waals surface area contributed by atoms with Crippen LogP contribution in [0.5, 0.6) is 5.75 Å². The Morgan fingerprint density at radius 3 is 2.60 bits per heavy atom. The lowest BCUT2D eigenvalue weighted by Gasteiger charge is -2.13. The van der Waals surface area contributed by atoms with E-state index in [-0.39, 0.29) is 5.82 Å². The molecule has 0 aliphatic heterocycles. The van der Waals surface area contributed by atoms with Gasteiger partial charge in [-0.1, -0.05) is 24.3 Å². The molecule has 0 radical (unpaired) electrons. The summed E-state index contributed by atoms with van der Waals surface area (Å²) >= 11 is 0. The zero-order valence-corrected chi connectivity index (χ0v) is 11.6. The van der Waals surface area contributed by atoms with Crippen LogP contribution < -0.4 is 4.74 Å². The molecule has 0 heterocycles. The maximum absolute atomic E-state index is 13.0. The molecule has 106 valence electrons. The van der Waals surface area contributed by atoms with Crippen molar-refractivity contribution in [2.75, 3.05) is 6.61 Å². The number of halogens is 1. The van der Waals surface area contributed by atoms with E-state index in [1.807, 2.05) is 37.3 Å². The molecule has 20 heavy (non-hydrogen) atoms. The van der Waals surface area contributed by atoms with Gasteiger partial charge in [0, 0.05) is 6.42 Å². The third-order valence-corrected chi connectivity index (χ3v) is 3.22. The van der Waals surface area contributed by atoms with Crippen molar-refractivity contribution in [3.8, 4) is 5.75 Å². The molecule has 0 amide bonds. The van der Waals surface area contributed by atoms with E-state index in [1.165, 1.54) is 12.1 Å². The van der Waals surface area contributed by atoms with Gasteiger partial charge in [0.25, 0.3) is 0 Å². The number of para-hydroxylation sites is 1. The molecule has 2 aromatic carbocycles. The lowest BCUT2D eigenvalue weighted by atomic mass is 10.0. The van der Waals surface area contributed by atoms with E-state index < -0.39 is 6.10 Å². The minimum atomic E-state index is -0.483. The average molecular weight is 274 g/mol. The normalized spacial score (nSPS) is 12.2. The van der Waals surface area contributed by atoms with Crippen molar-refractivity contribution in [2.45, 2.75) is 25.9 Å². The van der Waals surface area contributed by atoms with Crippen LogP contribution in [0.3, 0.4) is 0 Å². The van der Waals surface area contributed by atoms with Gasteiger partial charge in [0.1, 0.15) is 11.6 Å². The molecule has 0 saturated carbocycles. The topological polar surface area (TPSA) is 29.5 Å². The molecule has 2 nitrogen and oxygen atoms in total. The molecule has 0 saturated heterocycles. The van der Waals surface area contributed by atoms with Crippen LogP contribution in [0.1, 0.15) is 17.5 Å². The second-order valence-electron chi connectivity index (χ2n) is 4.88. The number of aryl methyl sites for hydroxylation is 1. The van der Waals surface area contributed by atoms with E-state index in [1.54, 1.807) is 6.07 Å². The Balaban J connectivity index is 1.79. The molecule has 1 N–H and O–H groups in total. The number of ether oxygens (including phenoxy) is 1. The first-order valence-electron chi connectivity index (χ1n) is 6.76. The Labute approximate surface area is 118 Å². The van der Waals surface area contributed by atoms with Gasteiger partial charge in [0.2, 0.25) is 0 Å². The van der Waals surface area contributed by atoms with Gasteiger partial charge in [-0.3, -0.25) is 0 Å². The Bertz CT molecular complexity index is 540. The molecule has 0 spiro atoms. The Morgan fingerprint density at radius 1 is 1.15 bits per heavy atom. The Hall–Kier alpha value is -1.87. The lowest BCUT2D eigenvalue weighted by molar-refractivity contribution is 0.139. The smallest absolute Gasteiger partial charge is 0.123 e. The SMILES string of the molecule is Cc1cc(F)ccc1CC(O)CCOc1ccccc1. The molecule has 0 aliphatic rings. The molecule has 0 aliphatic carbocycles. The van der Waals surface area contributed by atoms with Crippen molar-refractivity contribution >= 4 is 0 Å². The second-order valence-corrected chi connectivity index (χ2v) is 4.88. The van der Waals surface area contributed by atoms with Crippen LogP contribution in [0.2, 0.25) is 0 Å². The largest absolute Gasteiger partial charge is 0.493 e. The summed E-state index contributed by atoms with van der Waals surface area (Å²) in [7, 11) is 0. The van der Waals surface area contributed by atoms with Gasteiger partial charge in [-0.15, -0.1) is 0 Å². The van der Waals surface area contributed by atoms with Gasteiger partial charge < -0.3 is 9.84 Å². The highest BCUT2D eigenvalue weighted by atomic mass is 19.1. The van der Waals surface area contributed by atoms with E-state index in [0.717, 1.165) is 16.9 Å². The van der Waals surface area contributed by atoms with Crippen LogP contribution in [0.15, 0.2) is 48.5 Å². The summed E-state index contributed by atoms with van der Waals surface area (Å²) in [5, 5.41) is 10.0. The number of aliphatic hydroxyl groups excluding tert-OH is 1. The number of hydrogen-bond donors (Lipinski definition) is 1. The predicted octanol–water partition coefficient (Wildman–Crippen LogP) is 3.51. The summed E-state index contributed by atoms with van der Waals surface area (Å²) in [5.74, 6) is 0.561. The summed E-state index contributed by atoms with van der Waals surface area (Å²) < 4.78 is 18.5. The number of rotatable bonds is 6. The van der Waals surface area contributed by atoms with Crippen LogP contribution >= 0.6 is 0 Å². The minimum absolute atomic E-state index is 0.242. The second kappa shape index (κ2) is 7.06. The standard InChI is InChI=1S/C17H19FO2/c1-13-11-15(18)8-7-14(13)12-16(19)9-10-20-17-5-3-2-4-6-17/h2-8,11,16,19H,9-10,12H2,1H3. The van der Waals surface area contributed by atoms with Gasteiger partial charge in [-0.05, 0) is 48.7 Å². The van der Waals surface area contributed by atoms with Crippen molar-refractivity contribution in [3.63, 3.8) is 0 Å². The molecule has 1 unspecified atom stereocenters. The first kappa shape index (κ1) is 14.5. The Morgan fingerprint density at radius 2 is 1.90 bits per heavy atom.